The smallest absolute Gasteiger partial charge is 0.276 e. The molecule has 35 heavy (non-hydrogen) atoms. The molecule has 4 rings (SSSR count). The SMILES string of the molecule is CN(C)Cc1cccc(-c2noc(CCC(=O)NCCCNC3=C4C=CC=CC4C(=O)N=N3)n2)c1. The molecule has 10 heteroatoms. The van der Waals surface area contributed by atoms with Gasteiger partial charge in [-0.15, -0.1) is 10.2 Å². The summed E-state index contributed by atoms with van der Waals surface area (Å²) in [4.78, 5) is 30.6. The molecule has 2 amide bonds. The van der Waals surface area contributed by atoms with Crippen LogP contribution in [0.2, 0.25) is 0 Å². The molecule has 0 radical (unpaired) electrons. The molecule has 1 aliphatic heterocycles. The second kappa shape index (κ2) is 11.5. The third-order valence-electron chi connectivity index (χ3n) is 5.50. The number of aryl methyl sites for hydroxylation is 1. The van der Waals surface area contributed by atoms with Crippen LogP contribution >= 0.6 is 0 Å². The van der Waals surface area contributed by atoms with Crippen molar-refractivity contribution < 1.29 is 14.1 Å². The van der Waals surface area contributed by atoms with Crippen LogP contribution in [0.3, 0.4) is 0 Å². The van der Waals surface area contributed by atoms with Crippen molar-refractivity contribution in [1.82, 2.24) is 25.7 Å². The monoisotopic (exact) mass is 475 g/mol. The van der Waals surface area contributed by atoms with Crippen molar-refractivity contribution in [1.29, 1.82) is 0 Å². The number of fused-ring (bicyclic) bond motifs is 1. The van der Waals surface area contributed by atoms with E-state index in [1.54, 1.807) is 0 Å². The summed E-state index contributed by atoms with van der Waals surface area (Å²) in [6.07, 6.45) is 8.72. The van der Waals surface area contributed by atoms with Gasteiger partial charge >= 0.3 is 0 Å². The molecular weight excluding hydrogens is 446 g/mol. The Bertz CT molecular complexity index is 1190. The zero-order valence-electron chi connectivity index (χ0n) is 19.9. The molecule has 1 aromatic carbocycles. The van der Waals surface area contributed by atoms with E-state index in [1.807, 2.05) is 56.6 Å². The maximum Gasteiger partial charge on any atom is 0.276 e. The van der Waals surface area contributed by atoms with Crippen molar-refractivity contribution in [3.8, 4) is 11.4 Å². The van der Waals surface area contributed by atoms with E-state index in [9.17, 15) is 9.59 Å². The summed E-state index contributed by atoms with van der Waals surface area (Å²) in [5.41, 5.74) is 2.87. The van der Waals surface area contributed by atoms with Crippen molar-refractivity contribution in [2.45, 2.75) is 25.8 Å². The molecule has 10 nitrogen and oxygen atoms in total. The Morgan fingerprint density at radius 1 is 1.17 bits per heavy atom. The zero-order valence-corrected chi connectivity index (χ0v) is 19.9. The number of allylic oxidation sites excluding steroid dienone is 3. The Kier molecular flexibility index (Phi) is 7.94. The zero-order chi connectivity index (χ0) is 24.6. The van der Waals surface area contributed by atoms with E-state index >= 15 is 0 Å². The Balaban J connectivity index is 1.17. The number of benzene rings is 1. The summed E-state index contributed by atoms with van der Waals surface area (Å²) in [6, 6.07) is 8.02. The first-order valence-corrected chi connectivity index (χ1v) is 11.6. The fourth-order valence-electron chi connectivity index (χ4n) is 3.82. The number of amides is 2. The highest BCUT2D eigenvalue weighted by atomic mass is 16.5. The van der Waals surface area contributed by atoms with Crippen molar-refractivity contribution in [3.05, 3.63) is 71.4 Å². The summed E-state index contributed by atoms with van der Waals surface area (Å²) in [5.74, 6) is 0.847. The van der Waals surface area contributed by atoms with Gasteiger partial charge in [-0.05, 0) is 32.1 Å². The molecule has 0 saturated carbocycles. The second-order valence-electron chi connectivity index (χ2n) is 8.64. The highest BCUT2D eigenvalue weighted by Crippen LogP contribution is 2.27. The van der Waals surface area contributed by atoms with Crippen molar-refractivity contribution in [3.63, 3.8) is 0 Å². The highest BCUT2D eigenvalue weighted by molar-refractivity contribution is 5.86. The molecule has 0 saturated heterocycles. The number of nitrogens with zero attached hydrogens (tertiary/aromatic N) is 5. The molecule has 1 atom stereocenters. The van der Waals surface area contributed by atoms with E-state index in [-0.39, 0.29) is 24.2 Å². The normalized spacial score (nSPS) is 16.7. The van der Waals surface area contributed by atoms with E-state index in [4.69, 9.17) is 4.52 Å². The number of aromatic nitrogens is 2. The number of carbonyl (C=O) groups excluding carboxylic acids is 2. The molecule has 1 aromatic heterocycles. The van der Waals surface area contributed by atoms with Crippen molar-refractivity contribution in [2.24, 2.45) is 16.1 Å². The third kappa shape index (κ3) is 6.57. The average Bonchev–Trinajstić information content (AvgIpc) is 3.33. The lowest BCUT2D eigenvalue weighted by atomic mass is 9.93. The van der Waals surface area contributed by atoms with Gasteiger partial charge in [-0.25, -0.2) is 0 Å². The third-order valence-corrected chi connectivity index (χ3v) is 5.50. The van der Waals surface area contributed by atoms with Gasteiger partial charge in [0.05, 0.1) is 5.92 Å². The van der Waals surface area contributed by atoms with Gasteiger partial charge < -0.3 is 20.1 Å². The molecular formula is C25H29N7O3. The molecule has 1 unspecified atom stereocenters. The van der Waals surface area contributed by atoms with Gasteiger partial charge in [0.25, 0.3) is 5.91 Å². The Labute approximate surface area is 203 Å². The maximum absolute atomic E-state index is 12.2. The number of azo groups is 1. The van der Waals surface area contributed by atoms with Gasteiger partial charge in [0.2, 0.25) is 17.6 Å². The Morgan fingerprint density at radius 3 is 2.91 bits per heavy atom. The maximum atomic E-state index is 12.2. The first kappa shape index (κ1) is 24.2. The summed E-state index contributed by atoms with van der Waals surface area (Å²) in [5, 5.41) is 17.8. The van der Waals surface area contributed by atoms with Gasteiger partial charge in [-0.3, -0.25) is 9.59 Å². The number of rotatable bonds is 11. The average molecular weight is 476 g/mol. The van der Waals surface area contributed by atoms with Gasteiger partial charge in [0.15, 0.2) is 5.82 Å². The molecule has 1 aliphatic carbocycles. The van der Waals surface area contributed by atoms with E-state index < -0.39 is 0 Å². The standard InChI is InChI=1S/C25H29N7O3/c1-32(2)16-17-7-5-8-18(15-17)23-28-22(35-31-23)12-11-21(33)26-13-6-14-27-24-19-9-3-4-10-20(19)25(34)30-29-24/h3-5,7-10,15,20,27H,6,11-14,16H2,1-2H3,(H,26,33). The van der Waals surface area contributed by atoms with Crippen LogP contribution < -0.4 is 10.6 Å². The van der Waals surface area contributed by atoms with Crippen LogP contribution in [0, 0.1) is 5.92 Å². The van der Waals surface area contributed by atoms with Gasteiger partial charge in [-0.1, -0.05) is 47.7 Å². The molecule has 0 fully saturated rings. The van der Waals surface area contributed by atoms with Gasteiger partial charge in [-0.2, -0.15) is 4.98 Å². The minimum Gasteiger partial charge on any atom is -0.368 e. The van der Waals surface area contributed by atoms with Crippen LogP contribution in [-0.4, -0.2) is 54.0 Å². The Morgan fingerprint density at radius 2 is 2.06 bits per heavy atom. The number of hydrogen-bond acceptors (Lipinski definition) is 8. The van der Waals surface area contributed by atoms with Gasteiger partial charge in [0, 0.05) is 43.6 Å². The van der Waals surface area contributed by atoms with Crippen LogP contribution in [0.1, 0.15) is 24.3 Å². The largest absolute Gasteiger partial charge is 0.368 e. The minimum atomic E-state index is -0.369. The molecule has 0 bridgehead atoms. The molecule has 2 aliphatic rings. The molecule has 2 heterocycles. The van der Waals surface area contributed by atoms with E-state index in [2.05, 4.69) is 42.0 Å². The predicted octanol–water partition coefficient (Wildman–Crippen LogP) is 2.77. The summed E-state index contributed by atoms with van der Waals surface area (Å²) in [6.45, 7) is 1.93. The second-order valence-corrected chi connectivity index (χ2v) is 8.64. The minimum absolute atomic E-state index is 0.0804. The van der Waals surface area contributed by atoms with Crippen LogP contribution in [-0.2, 0) is 22.6 Å². The topological polar surface area (TPSA) is 125 Å². The number of hydrogen-bond donors (Lipinski definition) is 2. The molecule has 0 spiro atoms. The first-order chi connectivity index (χ1) is 17.0. The number of carbonyl (C=O) groups is 2. The molecule has 182 valence electrons. The fraction of sp³-hybridized carbons (Fsp3) is 0.360. The molecule has 2 N–H and O–H groups in total. The molecule has 2 aromatic rings. The quantitative estimate of drug-likeness (QED) is 0.479. The van der Waals surface area contributed by atoms with E-state index in [0.717, 1.165) is 23.2 Å². The van der Waals surface area contributed by atoms with Crippen LogP contribution in [0.4, 0.5) is 0 Å². The van der Waals surface area contributed by atoms with Crippen molar-refractivity contribution in [2.75, 3.05) is 27.2 Å². The van der Waals surface area contributed by atoms with Gasteiger partial charge in [0.1, 0.15) is 0 Å². The lowest BCUT2D eigenvalue weighted by Crippen LogP contribution is -2.28. The lowest BCUT2D eigenvalue weighted by Gasteiger charge is -2.20. The Hall–Kier alpha value is -3.92. The fourth-order valence-corrected chi connectivity index (χ4v) is 3.82. The van der Waals surface area contributed by atoms with Crippen LogP contribution in [0.25, 0.3) is 11.4 Å². The summed E-state index contributed by atoms with van der Waals surface area (Å²) >= 11 is 0. The number of nitrogens with one attached hydrogen (secondary N) is 2. The summed E-state index contributed by atoms with van der Waals surface area (Å²) in [7, 11) is 4.04. The lowest BCUT2D eigenvalue weighted by molar-refractivity contribution is -0.121. The first-order valence-electron chi connectivity index (χ1n) is 11.6. The summed E-state index contributed by atoms with van der Waals surface area (Å²) < 4.78 is 5.33. The van der Waals surface area contributed by atoms with E-state index in [0.29, 0.717) is 43.5 Å². The highest BCUT2D eigenvalue weighted by Gasteiger charge is 2.26. The van der Waals surface area contributed by atoms with Crippen molar-refractivity contribution >= 4 is 11.8 Å². The predicted molar refractivity (Wildman–Crippen MR) is 130 cm³/mol. The van der Waals surface area contributed by atoms with Crippen LogP contribution in [0.15, 0.2) is 74.7 Å². The van der Waals surface area contributed by atoms with Crippen LogP contribution in [0.5, 0.6) is 0 Å². The van der Waals surface area contributed by atoms with E-state index in [1.165, 1.54) is 0 Å².